The quantitative estimate of drug-likeness (QED) is 0.291. The normalized spacial score (nSPS) is 18.0. The summed E-state index contributed by atoms with van der Waals surface area (Å²) in [6.45, 7) is 14.9. The fraction of sp³-hybridized carbons (Fsp3) is 0.500. The van der Waals surface area contributed by atoms with Crippen molar-refractivity contribution in [1.82, 2.24) is 20.2 Å². The molecule has 3 heterocycles. The van der Waals surface area contributed by atoms with Crippen molar-refractivity contribution >= 4 is 44.9 Å². The van der Waals surface area contributed by atoms with Gasteiger partial charge < -0.3 is 33.9 Å². The average molecular weight is 716 g/mol. The number of nitrogens with zero attached hydrogens (tertiary/aromatic N) is 3. The van der Waals surface area contributed by atoms with Crippen molar-refractivity contribution in [2.75, 3.05) is 20.2 Å². The summed E-state index contributed by atoms with van der Waals surface area (Å²) in [6, 6.07) is 10.2. The number of benzene rings is 2. The largest absolute Gasteiger partial charge is 0.471 e. The number of alkyl carbamates (subject to hydrolysis) is 1. The molecule has 1 aromatic heterocycles. The van der Waals surface area contributed by atoms with Gasteiger partial charge >= 0.3 is 12.1 Å². The van der Waals surface area contributed by atoms with Crippen LogP contribution in [0.5, 0.6) is 17.4 Å². The third kappa shape index (κ3) is 9.24. The maximum atomic E-state index is 13.2. The Balaban J connectivity index is 0.00000118. The standard InChI is InChI=1S/C30H33BrN4O8.C4H10/c1-29(2,3)43-28(38)32-14-22(36)35-15-18(13-20(35)27(37)39-6)40-26-23(16-8-7-9-17(31)12-16)33-19-10-11-21-25(24(19)34-26)42-30(4,5)41-21;1-4(2)3/h7-12,18,20H,13-15H2,1-6H3,(H,32,38);4H,1-3H3/t18-,20?;/m1./s1. The van der Waals surface area contributed by atoms with Crippen LogP contribution in [0.2, 0.25) is 0 Å². The number of hydrogen-bond acceptors (Lipinski definition) is 10. The Morgan fingerprint density at radius 3 is 2.45 bits per heavy atom. The number of rotatable bonds is 6. The monoisotopic (exact) mass is 714 g/mol. The first-order chi connectivity index (χ1) is 22.0. The van der Waals surface area contributed by atoms with Crippen LogP contribution in [0.3, 0.4) is 0 Å². The Labute approximate surface area is 283 Å². The van der Waals surface area contributed by atoms with E-state index >= 15 is 0 Å². The summed E-state index contributed by atoms with van der Waals surface area (Å²) in [5, 5.41) is 2.45. The van der Waals surface area contributed by atoms with Gasteiger partial charge in [-0.05, 0) is 51.0 Å². The second-order valence-electron chi connectivity index (χ2n) is 13.4. The predicted octanol–water partition coefficient (Wildman–Crippen LogP) is 6.27. The topological polar surface area (TPSA) is 138 Å². The second-order valence-corrected chi connectivity index (χ2v) is 14.3. The Morgan fingerprint density at radius 1 is 1.11 bits per heavy atom. The number of carbonyl (C=O) groups is 3. The van der Waals surface area contributed by atoms with Crippen LogP contribution in [-0.2, 0) is 19.1 Å². The Kier molecular flexibility index (Phi) is 10.9. The molecule has 1 saturated heterocycles. The maximum Gasteiger partial charge on any atom is 0.408 e. The van der Waals surface area contributed by atoms with Gasteiger partial charge in [0, 0.05) is 30.3 Å². The molecule has 2 amide bonds. The molecule has 2 aliphatic rings. The lowest BCUT2D eigenvalue weighted by molar-refractivity contribution is -0.150. The van der Waals surface area contributed by atoms with E-state index in [4.69, 9.17) is 33.7 Å². The van der Waals surface area contributed by atoms with Gasteiger partial charge in [0.05, 0.1) is 19.2 Å². The van der Waals surface area contributed by atoms with E-state index in [-0.39, 0.29) is 25.4 Å². The Hall–Kier alpha value is -4.13. The van der Waals surface area contributed by atoms with Crippen molar-refractivity contribution in [2.45, 2.75) is 85.3 Å². The number of nitrogens with one attached hydrogen (secondary N) is 1. The van der Waals surface area contributed by atoms with Gasteiger partial charge in [-0.2, -0.15) is 0 Å². The van der Waals surface area contributed by atoms with Gasteiger partial charge in [-0.1, -0.05) is 48.8 Å². The first kappa shape index (κ1) is 35.7. The van der Waals surface area contributed by atoms with E-state index in [2.05, 4.69) is 42.0 Å². The first-order valence-corrected chi connectivity index (χ1v) is 16.2. The molecule has 1 unspecified atom stereocenters. The molecule has 12 nitrogen and oxygen atoms in total. The van der Waals surface area contributed by atoms with E-state index < -0.39 is 41.5 Å². The molecule has 0 aliphatic carbocycles. The molecule has 47 heavy (non-hydrogen) atoms. The summed E-state index contributed by atoms with van der Waals surface area (Å²) in [7, 11) is 1.25. The van der Waals surface area contributed by atoms with E-state index in [0.717, 1.165) is 16.0 Å². The van der Waals surface area contributed by atoms with Gasteiger partial charge in [-0.25, -0.2) is 19.6 Å². The average Bonchev–Trinajstić information content (AvgIpc) is 3.53. The third-order valence-corrected chi connectivity index (χ3v) is 7.13. The van der Waals surface area contributed by atoms with Gasteiger partial charge in [0.1, 0.15) is 35.5 Å². The lowest BCUT2D eigenvalue weighted by Gasteiger charge is -2.23. The highest BCUT2D eigenvalue weighted by Gasteiger charge is 2.42. The van der Waals surface area contributed by atoms with Crippen molar-refractivity contribution in [2.24, 2.45) is 5.92 Å². The number of halogens is 1. The molecular weight excluding hydrogens is 672 g/mol. The number of likely N-dealkylation sites (tertiary alicyclic amines) is 1. The van der Waals surface area contributed by atoms with Crippen LogP contribution in [0.15, 0.2) is 40.9 Å². The summed E-state index contributed by atoms with van der Waals surface area (Å²) in [5.74, 6) is 0.0460. The van der Waals surface area contributed by atoms with Crippen LogP contribution in [0.25, 0.3) is 22.3 Å². The number of aromatic nitrogens is 2. The van der Waals surface area contributed by atoms with E-state index in [9.17, 15) is 14.4 Å². The van der Waals surface area contributed by atoms with Crippen LogP contribution in [-0.4, -0.2) is 76.6 Å². The Morgan fingerprint density at radius 2 is 1.81 bits per heavy atom. The number of hydrogen-bond donors (Lipinski definition) is 1. The zero-order chi connectivity index (χ0) is 34.7. The number of fused-ring (bicyclic) bond motifs is 3. The number of esters is 1. The summed E-state index contributed by atoms with van der Waals surface area (Å²) in [5.41, 5.74) is 1.51. The smallest absolute Gasteiger partial charge is 0.408 e. The highest BCUT2D eigenvalue weighted by atomic mass is 79.9. The number of ether oxygens (including phenoxy) is 5. The Bertz CT molecular complexity index is 1640. The molecule has 0 saturated carbocycles. The molecule has 1 N–H and O–H groups in total. The highest BCUT2D eigenvalue weighted by Crippen LogP contribution is 2.45. The van der Waals surface area contributed by atoms with E-state index in [1.165, 1.54) is 12.0 Å². The molecule has 2 aromatic carbocycles. The molecule has 3 aromatic rings. The summed E-state index contributed by atoms with van der Waals surface area (Å²) < 4.78 is 29.4. The van der Waals surface area contributed by atoms with Crippen molar-refractivity contribution in [1.29, 1.82) is 0 Å². The lowest BCUT2D eigenvalue weighted by Crippen LogP contribution is -2.46. The van der Waals surface area contributed by atoms with Gasteiger partial charge in [0.2, 0.25) is 17.6 Å². The molecule has 254 valence electrons. The fourth-order valence-electron chi connectivity index (χ4n) is 4.92. The van der Waals surface area contributed by atoms with Crippen LogP contribution in [0, 0.1) is 5.92 Å². The fourth-order valence-corrected chi connectivity index (χ4v) is 5.32. The van der Waals surface area contributed by atoms with Gasteiger partial charge in [-0.3, -0.25) is 4.79 Å². The molecule has 2 aliphatic heterocycles. The molecule has 13 heteroatoms. The lowest BCUT2D eigenvalue weighted by atomic mass is 10.1. The molecule has 2 atom stereocenters. The molecule has 0 bridgehead atoms. The molecule has 0 radical (unpaired) electrons. The molecular formula is C34H43BrN4O8. The SMILES string of the molecule is CC(C)C.COC(=O)C1C[C@@H](Oc2nc3c4c(ccc3nc2-c2cccc(Br)c2)OC(C)(C)O4)CN1C(=O)CNC(=O)OC(C)(C)C. The molecule has 0 spiro atoms. The van der Waals surface area contributed by atoms with Gasteiger partial charge in [0.15, 0.2) is 11.5 Å². The minimum Gasteiger partial charge on any atom is -0.471 e. The van der Waals surface area contributed by atoms with Crippen molar-refractivity contribution < 1.29 is 38.1 Å². The predicted molar refractivity (Wildman–Crippen MR) is 179 cm³/mol. The van der Waals surface area contributed by atoms with E-state index in [1.807, 2.05) is 24.3 Å². The van der Waals surface area contributed by atoms with Gasteiger partial charge in [-0.15, -0.1) is 0 Å². The van der Waals surface area contributed by atoms with E-state index in [0.29, 0.717) is 28.2 Å². The third-order valence-electron chi connectivity index (χ3n) is 6.64. The van der Waals surface area contributed by atoms with Gasteiger partial charge in [0.25, 0.3) is 0 Å². The van der Waals surface area contributed by atoms with Crippen LogP contribution >= 0.6 is 15.9 Å². The first-order valence-electron chi connectivity index (χ1n) is 15.5. The van der Waals surface area contributed by atoms with Crippen LogP contribution in [0.1, 0.15) is 61.8 Å². The number of carbonyl (C=O) groups excluding carboxylic acids is 3. The zero-order valence-corrected chi connectivity index (χ0v) is 29.9. The van der Waals surface area contributed by atoms with Crippen molar-refractivity contribution in [3.63, 3.8) is 0 Å². The summed E-state index contributed by atoms with van der Waals surface area (Å²) >= 11 is 3.51. The molecule has 1 fully saturated rings. The number of amides is 2. The highest BCUT2D eigenvalue weighted by molar-refractivity contribution is 9.10. The minimum atomic E-state index is -0.924. The number of methoxy groups -OCH3 is 1. The van der Waals surface area contributed by atoms with Crippen molar-refractivity contribution in [3.8, 4) is 28.6 Å². The molecule has 5 rings (SSSR count). The second kappa shape index (κ2) is 14.3. The van der Waals surface area contributed by atoms with E-state index in [1.54, 1.807) is 46.8 Å². The van der Waals surface area contributed by atoms with Crippen molar-refractivity contribution in [3.05, 3.63) is 40.9 Å². The minimum absolute atomic E-state index is 0.0474. The summed E-state index contributed by atoms with van der Waals surface area (Å²) in [4.78, 5) is 49.0. The van der Waals surface area contributed by atoms with Crippen LogP contribution < -0.4 is 19.5 Å². The maximum absolute atomic E-state index is 13.2. The summed E-state index contributed by atoms with van der Waals surface area (Å²) in [6.07, 6.45) is -1.24. The van der Waals surface area contributed by atoms with Crippen LogP contribution in [0.4, 0.5) is 4.79 Å². The zero-order valence-electron chi connectivity index (χ0n) is 28.3.